The van der Waals surface area contributed by atoms with Crippen LogP contribution in [0.1, 0.15) is 31.2 Å². The molecule has 1 saturated heterocycles. The maximum absolute atomic E-state index is 5.80. The number of aromatic nitrogens is 3. The van der Waals surface area contributed by atoms with Crippen LogP contribution in [0.25, 0.3) is 0 Å². The van der Waals surface area contributed by atoms with E-state index in [0.717, 1.165) is 41.3 Å². The van der Waals surface area contributed by atoms with E-state index in [1.54, 1.807) is 6.20 Å². The normalized spacial score (nSPS) is 19.5. The predicted octanol–water partition coefficient (Wildman–Crippen LogP) is 3.41. The van der Waals surface area contributed by atoms with Gasteiger partial charge < -0.3 is 10.1 Å². The summed E-state index contributed by atoms with van der Waals surface area (Å²) >= 11 is 4.90. The molecule has 2 aromatic rings. The summed E-state index contributed by atoms with van der Waals surface area (Å²) in [4.78, 5) is 0. The Kier molecular flexibility index (Phi) is 4.15. The third kappa shape index (κ3) is 3.16. The fourth-order valence-electron chi connectivity index (χ4n) is 2.18. The fraction of sp³-hybridized carbons (Fsp3) is 0.500. The molecule has 1 unspecified atom stereocenters. The van der Waals surface area contributed by atoms with Gasteiger partial charge in [0.1, 0.15) is 9.60 Å². The first-order valence-corrected chi connectivity index (χ1v) is 7.89. The minimum Gasteiger partial charge on any atom is -0.370 e. The van der Waals surface area contributed by atoms with Crippen molar-refractivity contribution in [3.8, 4) is 0 Å². The van der Waals surface area contributed by atoms with Gasteiger partial charge >= 0.3 is 0 Å². The second-order valence-corrected chi connectivity index (χ2v) is 6.10. The Balaban J connectivity index is 1.72. The average Bonchev–Trinajstić information content (AvgIpc) is 3.06. The molecule has 19 heavy (non-hydrogen) atoms. The van der Waals surface area contributed by atoms with Crippen molar-refractivity contribution >= 4 is 32.5 Å². The van der Waals surface area contributed by atoms with Crippen LogP contribution in [0.4, 0.5) is 5.00 Å². The summed E-state index contributed by atoms with van der Waals surface area (Å²) in [5, 5.41) is 8.91. The number of halogens is 1. The van der Waals surface area contributed by atoms with E-state index in [2.05, 4.69) is 30.7 Å². The molecule has 0 amide bonds. The van der Waals surface area contributed by atoms with Crippen molar-refractivity contribution in [3.05, 3.63) is 28.6 Å². The summed E-state index contributed by atoms with van der Waals surface area (Å²) in [6, 6.07) is 4.00. The lowest BCUT2D eigenvalue weighted by atomic mass is 10.2. The zero-order chi connectivity index (χ0) is 13.1. The molecule has 0 bridgehead atoms. The van der Waals surface area contributed by atoms with Crippen LogP contribution < -0.4 is 5.32 Å². The molecule has 0 saturated carbocycles. The first-order valence-electron chi connectivity index (χ1n) is 6.33. The third-order valence-corrected chi connectivity index (χ3v) is 4.19. The minimum atomic E-state index is 0.0679. The molecular weight excluding hydrogens is 328 g/mol. The fourth-order valence-corrected chi connectivity index (χ4v) is 3.11. The second kappa shape index (κ2) is 6.02. The molecule has 1 atom stereocenters. The number of nitrogens with one attached hydrogen (secondary N) is 1. The minimum absolute atomic E-state index is 0.0679. The lowest BCUT2D eigenvalue weighted by Gasteiger charge is -2.24. The lowest BCUT2D eigenvalue weighted by molar-refractivity contribution is -0.0411. The molecule has 7 heteroatoms. The molecule has 1 fully saturated rings. The van der Waals surface area contributed by atoms with Crippen molar-refractivity contribution in [1.82, 2.24) is 14.2 Å². The molecule has 0 aliphatic carbocycles. The Labute approximate surface area is 124 Å². The number of nitrogens with zero attached hydrogens (tertiary/aromatic N) is 3. The molecule has 102 valence electrons. The second-order valence-electron chi connectivity index (χ2n) is 4.45. The predicted molar refractivity (Wildman–Crippen MR) is 78.2 cm³/mol. The molecule has 1 N–H and O–H groups in total. The SMILES string of the molecule is Brc1cc(CNc2ccns2)n(C2CCCCO2)n1. The van der Waals surface area contributed by atoms with E-state index in [9.17, 15) is 0 Å². The van der Waals surface area contributed by atoms with Gasteiger partial charge in [-0.15, -0.1) is 0 Å². The van der Waals surface area contributed by atoms with E-state index in [1.165, 1.54) is 18.0 Å². The number of ether oxygens (including phenoxy) is 1. The molecule has 0 aromatic carbocycles. The molecule has 1 aliphatic heterocycles. The van der Waals surface area contributed by atoms with Gasteiger partial charge in [-0.3, -0.25) is 0 Å². The summed E-state index contributed by atoms with van der Waals surface area (Å²) in [6.45, 7) is 1.55. The van der Waals surface area contributed by atoms with Crippen molar-refractivity contribution in [2.75, 3.05) is 11.9 Å². The maximum Gasteiger partial charge on any atom is 0.150 e. The molecule has 3 heterocycles. The van der Waals surface area contributed by atoms with Gasteiger partial charge in [-0.25, -0.2) is 4.68 Å². The highest BCUT2D eigenvalue weighted by molar-refractivity contribution is 9.10. The molecule has 0 spiro atoms. The lowest BCUT2D eigenvalue weighted by Crippen LogP contribution is -2.21. The van der Waals surface area contributed by atoms with Gasteiger partial charge in [-0.1, -0.05) is 0 Å². The van der Waals surface area contributed by atoms with E-state index < -0.39 is 0 Å². The quantitative estimate of drug-likeness (QED) is 0.924. The number of rotatable bonds is 4. The smallest absolute Gasteiger partial charge is 0.150 e. The van der Waals surface area contributed by atoms with Crippen LogP contribution in [0.5, 0.6) is 0 Å². The number of hydrogen-bond acceptors (Lipinski definition) is 5. The third-order valence-electron chi connectivity index (χ3n) is 3.09. The first kappa shape index (κ1) is 13.1. The summed E-state index contributed by atoms with van der Waals surface area (Å²) < 4.78 is 12.7. The van der Waals surface area contributed by atoms with Gasteiger partial charge in [0.2, 0.25) is 0 Å². The molecule has 0 radical (unpaired) electrons. The molecular formula is C12H15BrN4OS. The Hall–Kier alpha value is -0.920. The highest BCUT2D eigenvalue weighted by atomic mass is 79.9. The van der Waals surface area contributed by atoms with Crippen LogP contribution >= 0.6 is 27.5 Å². The van der Waals surface area contributed by atoms with Crippen LogP contribution in [0.3, 0.4) is 0 Å². The van der Waals surface area contributed by atoms with Crippen molar-refractivity contribution < 1.29 is 4.74 Å². The zero-order valence-corrected chi connectivity index (χ0v) is 12.8. The van der Waals surface area contributed by atoms with Crippen molar-refractivity contribution in [2.45, 2.75) is 32.0 Å². The van der Waals surface area contributed by atoms with E-state index >= 15 is 0 Å². The first-order chi connectivity index (χ1) is 9.33. The monoisotopic (exact) mass is 342 g/mol. The van der Waals surface area contributed by atoms with Crippen LogP contribution in [0.2, 0.25) is 0 Å². The number of anilines is 1. The Morgan fingerprint density at radius 3 is 3.21 bits per heavy atom. The van der Waals surface area contributed by atoms with Gasteiger partial charge in [0, 0.05) is 12.8 Å². The van der Waals surface area contributed by atoms with Crippen LogP contribution in [0.15, 0.2) is 22.9 Å². The van der Waals surface area contributed by atoms with E-state index in [-0.39, 0.29) is 6.23 Å². The van der Waals surface area contributed by atoms with E-state index in [4.69, 9.17) is 4.74 Å². The molecule has 3 rings (SSSR count). The van der Waals surface area contributed by atoms with Gasteiger partial charge in [-0.05, 0) is 58.9 Å². The van der Waals surface area contributed by atoms with Gasteiger partial charge in [0.05, 0.1) is 12.2 Å². The van der Waals surface area contributed by atoms with Crippen molar-refractivity contribution in [3.63, 3.8) is 0 Å². The van der Waals surface area contributed by atoms with Crippen LogP contribution in [0, 0.1) is 0 Å². The van der Waals surface area contributed by atoms with Gasteiger partial charge in [0.15, 0.2) is 6.23 Å². The average molecular weight is 343 g/mol. The highest BCUT2D eigenvalue weighted by Crippen LogP contribution is 2.25. The van der Waals surface area contributed by atoms with E-state index in [0.29, 0.717) is 0 Å². The Morgan fingerprint density at radius 1 is 1.53 bits per heavy atom. The highest BCUT2D eigenvalue weighted by Gasteiger charge is 2.19. The van der Waals surface area contributed by atoms with Crippen molar-refractivity contribution in [1.29, 1.82) is 0 Å². The molecule has 2 aromatic heterocycles. The molecule has 1 aliphatic rings. The Bertz CT molecular complexity index is 522. The standard InChI is InChI=1S/C12H15BrN4OS/c13-10-7-9(8-14-11-4-5-15-19-11)17(16-10)12-3-1-2-6-18-12/h4-5,7,12,14H,1-3,6,8H2. The summed E-state index contributed by atoms with van der Waals surface area (Å²) in [5.74, 6) is 0. The van der Waals surface area contributed by atoms with Crippen LogP contribution in [-0.4, -0.2) is 20.8 Å². The summed E-state index contributed by atoms with van der Waals surface area (Å²) in [6.07, 6.45) is 5.24. The zero-order valence-electron chi connectivity index (χ0n) is 10.4. The largest absolute Gasteiger partial charge is 0.370 e. The van der Waals surface area contributed by atoms with Gasteiger partial charge in [0.25, 0.3) is 0 Å². The summed E-state index contributed by atoms with van der Waals surface area (Å²) in [7, 11) is 0. The van der Waals surface area contributed by atoms with Crippen LogP contribution in [-0.2, 0) is 11.3 Å². The number of hydrogen-bond donors (Lipinski definition) is 1. The maximum atomic E-state index is 5.80. The van der Waals surface area contributed by atoms with Crippen molar-refractivity contribution in [2.24, 2.45) is 0 Å². The molecule has 5 nitrogen and oxygen atoms in total. The Morgan fingerprint density at radius 2 is 2.47 bits per heavy atom. The van der Waals surface area contributed by atoms with E-state index in [1.807, 2.05) is 16.8 Å². The van der Waals surface area contributed by atoms with Gasteiger partial charge in [-0.2, -0.15) is 9.47 Å². The summed E-state index contributed by atoms with van der Waals surface area (Å²) in [5.41, 5.74) is 1.12. The topological polar surface area (TPSA) is 52.0 Å².